The molecule has 0 aliphatic rings. The van der Waals surface area contributed by atoms with Gasteiger partial charge in [-0.1, -0.05) is 6.07 Å². The number of amides is 2. The molecule has 0 aliphatic heterocycles. The minimum Gasteiger partial charge on any atom is -0.594 e. The molecule has 0 aromatic carbocycles. The van der Waals surface area contributed by atoms with Gasteiger partial charge in [-0.25, -0.2) is 4.79 Å². The second kappa shape index (κ2) is 4.57. The molecule has 2 aromatic rings. The van der Waals surface area contributed by atoms with Gasteiger partial charge in [0.1, 0.15) is 5.69 Å². The Morgan fingerprint density at radius 1 is 1.67 bits per heavy atom. The number of primary amides is 1. The Balaban J connectivity index is 2.62. The summed E-state index contributed by atoms with van der Waals surface area (Å²) >= 11 is 1.45. The molecule has 2 heterocycles. The maximum atomic E-state index is 11.8. The van der Waals surface area contributed by atoms with Crippen LogP contribution < -0.4 is 5.73 Å². The molecule has 0 saturated carbocycles. The Labute approximate surface area is 107 Å². The third kappa shape index (κ3) is 2.09. The number of carbonyl (C=O) groups excluding carboxylic acids is 1. The van der Waals surface area contributed by atoms with E-state index in [9.17, 15) is 10.0 Å². The maximum absolute atomic E-state index is 11.8. The standard InChI is InChI=1S/C10H11N5O2S/c1-6-9(15(17)13-10(11)16)8(12-14(6)2)7-4-3-5-18-7/h3-5H,1-2H3,(H2,11,16). The summed E-state index contributed by atoms with van der Waals surface area (Å²) in [4.78, 5) is 11.7. The fraction of sp³-hybridized carbons (Fsp3) is 0.200. The number of azo groups is 1. The molecule has 0 atom stereocenters. The van der Waals surface area contributed by atoms with Crippen LogP contribution in [0.4, 0.5) is 10.5 Å². The zero-order valence-electron chi connectivity index (χ0n) is 9.82. The lowest BCUT2D eigenvalue weighted by Gasteiger charge is -1.99. The lowest BCUT2D eigenvalue weighted by Crippen LogP contribution is -2.08. The van der Waals surface area contributed by atoms with E-state index in [4.69, 9.17) is 5.73 Å². The fourth-order valence-electron chi connectivity index (χ4n) is 1.54. The van der Waals surface area contributed by atoms with Crippen molar-refractivity contribution in [1.29, 1.82) is 0 Å². The molecular weight excluding hydrogens is 254 g/mol. The van der Waals surface area contributed by atoms with E-state index in [1.807, 2.05) is 17.5 Å². The summed E-state index contributed by atoms with van der Waals surface area (Å²) in [6, 6.07) is 2.66. The number of thiophene rings is 1. The van der Waals surface area contributed by atoms with Crippen LogP contribution in [0.5, 0.6) is 0 Å². The lowest BCUT2D eigenvalue weighted by atomic mass is 10.2. The molecule has 0 fully saturated rings. The zero-order valence-corrected chi connectivity index (χ0v) is 10.6. The summed E-state index contributed by atoms with van der Waals surface area (Å²) in [5, 5.41) is 21.1. The highest BCUT2D eigenvalue weighted by Gasteiger charge is 2.24. The minimum absolute atomic E-state index is 0.222. The van der Waals surface area contributed by atoms with E-state index in [2.05, 4.69) is 10.2 Å². The van der Waals surface area contributed by atoms with Gasteiger partial charge in [0.15, 0.2) is 5.69 Å². The van der Waals surface area contributed by atoms with Crippen LogP contribution in [0.25, 0.3) is 10.6 Å². The first kappa shape index (κ1) is 12.2. The van der Waals surface area contributed by atoms with E-state index in [0.29, 0.717) is 11.4 Å². The molecule has 0 unspecified atom stereocenters. The van der Waals surface area contributed by atoms with Gasteiger partial charge in [0.05, 0.1) is 9.99 Å². The predicted molar refractivity (Wildman–Crippen MR) is 66.6 cm³/mol. The number of hydrogen-bond acceptors (Lipinski definition) is 4. The Bertz CT molecular complexity index is 615. The fourth-order valence-corrected chi connectivity index (χ4v) is 2.25. The Kier molecular flexibility index (Phi) is 3.11. The highest BCUT2D eigenvalue weighted by atomic mass is 32.1. The first-order valence-corrected chi connectivity index (χ1v) is 5.94. The molecule has 0 radical (unpaired) electrons. The number of urea groups is 1. The molecule has 2 rings (SSSR count). The van der Waals surface area contributed by atoms with Crippen LogP contribution in [-0.2, 0) is 7.05 Å². The number of aromatic nitrogens is 2. The van der Waals surface area contributed by atoms with Crippen LogP contribution in [0.1, 0.15) is 5.69 Å². The largest absolute Gasteiger partial charge is 0.594 e. The van der Waals surface area contributed by atoms with Crippen LogP contribution in [-0.4, -0.2) is 20.7 Å². The Morgan fingerprint density at radius 2 is 2.39 bits per heavy atom. The monoisotopic (exact) mass is 265 g/mol. The van der Waals surface area contributed by atoms with Crippen molar-refractivity contribution in [2.75, 3.05) is 0 Å². The molecule has 0 saturated heterocycles. The second-order valence-electron chi connectivity index (χ2n) is 3.59. The number of nitrogens with zero attached hydrogens (tertiary/aromatic N) is 4. The topological polar surface area (TPSA) is 99.3 Å². The number of carbonyl (C=O) groups is 1. The Morgan fingerprint density at radius 3 is 2.94 bits per heavy atom. The molecule has 0 spiro atoms. The van der Waals surface area contributed by atoms with E-state index in [1.54, 1.807) is 18.7 Å². The molecule has 2 amide bonds. The zero-order chi connectivity index (χ0) is 13.3. The average molecular weight is 265 g/mol. The quantitative estimate of drug-likeness (QED) is 0.511. The van der Waals surface area contributed by atoms with Gasteiger partial charge in [0, 0.05) is 7.05 Å². The number of nitrogens with two attached hydrogens (primary N) is 1. The van der Waals surface area contributed by atoms with E-state index in [-0.39, 0.29) is 10.5 Å². The maximum Gasteiger partial charge on any atom is 0.399 e. The number of aryl methyl sites for hydroxylation is 1. The SMILES string of the molecule is Cc1c([N+]([O-])=NC(N)=O)c(-c2cccs2)nn1C. The summed E-state index contributed by atoms with van der Waals surface area (Å²) in [5.41, 5.74) is 6.22. The van der Waals surface area contributed by atoms with Crippen molar-refractivity contribution in [3.8, 4) is 10.6 Å². The number of hydrogen-bond donors (Lipinski definition) is 1. The van der Waals surface area contributed by atoms with Gasteiger partial charge >= 0.3 is 6.03 Å². The summed E-state index contributed by atoms with van der Waals surface area (Å²) in [6.45, 7) is 1.72. The van der Waals surface area contributed by atoms with Crippen molar-refractivity contribution in [1.82, 2.24) is 9.78 Å². The van der Waals surface area contributed by atoms with Crippen LogP contribution >= 0.6 is 11.3 Å². The molecule has 7 nitrogen and oxygen atoms in total. The van der Waals surface area contributed by atoms with Gasteiger partial charge in [0.25, 0.3) is 5.69 Å². The molecule has 8 heteroatoms. The summed E-state index contributed by atoms with van der Waals surface area (Å²) in [5.74, 6) is 0. The molecule has 0 bridgehead atoms. The third-order valence-electron chi connectivity index (χ3n) is 2.44. The second-order valence-corrected chi connectivity index (χ2v) is 4.54. The van der Waals surface area contributed by atoms with Crippen LogP contribution in [0.3, 0.4) is 0 Å². The van der Waals surface area contributed by atoms with Crippen molar-refractivity contribution in [3.05, 3.63) is 28.4 Å². The van der Waals surface area contributed by atoms with Gasteiger partial charge in [-0.3, -0.25) is 4.68 Å². The summed E-state index contributed by atoms with van der Waals surface area (Å²) in [7, 11) is 1.72. The average Bonchev–Trinajstić information content (AvgIpc) is 2.87. The highest BCUT2D eigenvalue weighted by molar-refractivity contribution is 7.13. The molecule has 2 aromatic heterocycles. The van der Waals surface area contributed by atoms with Crippen molar-refractivity contribution < 1.29 is 9.66 Å². The predicted octanol–water partition coefficient (Wildman–Crippen LogP) is 2.13. The Hall–Kier alpha value is -2.22. The summed E-state index contributed by atoms with van der Waals surface area (Å²) in [6.07, 6.45) is 0. The van der Waals surface area contributed by atoms with Crippen molar-refractivity contribution >= 4 is 23.1 Å². The van der Waals surface area contributed by atoms with Gasteiger partial charge in [0.2, 0.25) is 0 Å². The van der Waals surface area contributed by atoms with Crippen LogP contribution in [0, 0.1) is 12.1 Å². The van der Waals surface area contributed by atoms with E-state index in [1.165, 1.54) is 11.3 Å². The molecule has 2 N–H and O–H groups in total. The lowest BCUT2D eigenvalue weighted by molar-refractivity contribution is -0.434. The van der Waals surface area contributed by atoms with E-state index < -0.39 is 6.03 Å². The minimum atomic E-state index is -1.04. The van der Waals surface area contributed by atoms with Crippen molar-refractivity contribution in [2.45, 2.75) is 6.92 Å². The summed E-state index contributed by atoms with van der Waals surface area (Å²) < 4.78 is 1.56. The molecule has 94 valence electrons. The van der Waals surface area contributed by atoms with Gasteiger partial charge in [-0.05, 0) is 23.2 Å². The first-order valence-electron chi connectivity index (χ1n) is 5.06. The molecule has 18 heavy (non-hydrogen) atoms. The molecular formula is C10H11N5O2S. The number of rotatable bonds is 2. The third-order valence-corrected chi connectivity index (χ3v) is 3.31. The van der Waals surface area contributed by atoms with Gasteiger partial charge in [-0.2, -0.15) is 5.10 Å². The van der Waals surface area contributed by atoms with Gasteiger partial charge < -0.3 is 10.9 Å². The van der Waals surface area contributed by atoms with Crippen molar-refractivity contribution in [2.24, 2.45) is 17.9 Å². The first-order chi connectivity index (χ1) is 8.50. The smallest absolute Gasteiger partial charge is 0.399 e. The normalized spacial score (nSPS) is 11.8. The molecule has 0 aliphatic carbocycles. The van der Waals surface area contributed by atoms with Crippen molar-refractivity contribution in [3.63, 3.8) is 0 Å². The van der Waals surface area contributed by atoms with E-state index >= 15 is 0 Å². The van der Waals surface area contributed by atoms with Gasteiger partial charge in [-0.15, -0.1) is 11.3 Å². The van der Waals surface area contributed by atoms with E-state index in [0.717, 1.165) is 4.88 Å². The van der Waals surface area contributed by atoms with Crippen LogP contribution in [0.2, 0.25) is 0 Å². The van der Waals surface area contributed by atoms with Crippen LogP contribution in [0.15, 0.2) is 22.6 Å². The highest BCUT2D eigenvalue weighted by Crippen LogP contribution is 2.34.